The molecule has 2 heterocycles. The molecule has 18 heavy (non-hydrogen) atoms. The van der Waals surface area contributed by atoms with E-state index < -0.39 is 0 Å². The average molecular weight is 293 g/mol. The molecule has 1 amide bonds. The lowest BCUT2D eigenvalue weighted by molar-refractivity contribution is -0.130. The van der Waals surface area contributed by atoms with E-state index in [1.165, 1.54) is 12.2 Å². The number of thioether (sulfide) groups is 1. The molecule has 0 saturated carbocycles. The Morgan fingerprint density at radius 1 is 1.50 bits per heavy atom. The summed E-state index contributed by atoms with van der Waals surface area (Å²) in [6, 6.07) is 0.402. The minimum atomic E-state index is 0. The van der Waals surface area contributed by atoms with Crippen LogP contribution in [0.1, 0.15) is 26.7 Å². The second-order valence-electron chi connectivity index (χ2n) is 5.56. The van der Waals surface area contributed by atoms with E-state index in [2.05, 4.69) is 24.1 Å². The molecular formula is C13H25ClN2OS. The summed E-state index contributed by atoms with van der Waals surface area (Å²) in [6.45, 7) is 7.53. The molecule has 106 valence electrons. The first kappa shape index (κ1) is 16.1. The van der Waals surface area contributed by atoms with Gasteiger partial charge in [0.05, 0.1) is 0 Å². The molecule has 2 rings (SSSR count). The summed E-state index contributed by atoms with van der Waals surface area (Å²) in [6.07, 6.45) is 1.88. The average Bonchev–Trinajstić information content (AvgIpc) is 2.79. The van der Waals surface area contributed by atoms with Crippen LogP contribution in [0.15, 0.2) is 0 Å². The van der Waals surface area contributed by atoms with E-state index in [1.54, 1.807) is 0 Å². The van der Waals surface area contributed by atoms with Gasteiger partial charge in [0.25, 0.3) is 0 Å². The molecule has 2 aliphatic rings. The Hall–Kier alpha value is 0.0700. The molecule has 1 N–H and O–H groups in total. The van der Waals surface area contributed by atoms with Crippen molar-refractivity contribution in [2.75, 3.05) is 31.1 Å². The summed E-state index contributed by atoms with van der Waals surface area (Å²) in [4.78, 5) is 14.2. The molecule has 2 saturated heterocycles. The molecule has 0 spiro atoms. The fourth-order valence-corrected chi connectivity index (χ4v) is 3.60. The highest BCUT2D eigenvalue weighted by Crippen LogP contribution is 2.24. The summed E-state index contributed by atoms with van der Waals surface area (Å²) in [5.41, 5.74) is 0. The molecule has 0 aromatic carbocycles. The molecular weight excluding hydrogens is 268 g/mol. The zero-order chi connectivity index (χ0) is 12.3. The Morgan fingerprint density at radius 3 is 2.83 bits per heavy atom. The van der Waals surface area contributed by atoms with E-state index >= 15 is 0 Å². The molecule has 2 unspecified atom stereocenters. The molecule has 3 nitrogen and oxygen atoms in total. The predicted octanol–water partition coefficient (Wildman–Crippen LogP) is 2.01. The summed E-state index contributed by atoms with van der Waals surface area (Å²) in [5, 5.41) is 3.44. The fourth-order valence-electron chi connectivity index (χ4n) is 2.65. The third kappa shape index (κ3) is 4.32. The number of likely N-dealkylation sites (tertiary alicyclic amines) is 1. The molecule has 0 radical (unpaired) electrons. The minimum absolute atomic E-state index is 0. The predicted molar refractivity (Wildman–Crippen MR) is 80.5 cm³/mol. The molecule has 0 bridgehead atoms. The van der Waals surface area contributed by atoms with Crippen molar-refractivity contribution in [2.24, 2.45) is 11.8 Å². The standard InChI is InChI=1S/C13H24N2OS.ClH/c1-10(2)11-3-5-15(8-11)13(16)7-12-9-17-6-4-14-12;/h10-12,14H,3-9H2,1-2H3;1H. The Morgan fingerprint density at radius 2 is 2.28 bits per heavy atom. The second-order valence-corrected chi connectivity index (χ2v) is 6.71. The van der Waals surface area contributed by atoms with Gasteiger partial charge in [0.1, 0.15) is 0 Å². The number of hydrogen-bond acceptors (Lipinski definition) is 3. The van der Waals surface area contributed by atoms with Gasteiger partial charge in [-0.05, 0) is 18.3 Å². The van der Waals surface area contributed by atoms with Crippen LogP contribution in [0.25, 0.3) is 0 Å². The summed E-state index contributed by atoms with van der Waals surface area (Å²) < 4.78 is 0. The van der Waals surface area contributed by atoms with Gasteiger partial charge in [-0.15, -0.1) is 12.4 Å². The van der Waals surface area contributed by atoms with E-state index in [-0.39, 0.29) is 12.4 Å². The largest absolute Gasteiger partial charge is 0.342 e. The lowest BCUT2D eigenvalue weighted by Crippen LogP contribution is -2.42. The maximum absolute atomic E-state index is 12.2. The molecule has 2 atom stereocenters. The zero-order valence-corrected chi connectivity index (χ0v) is 13.0. The van der Waals surface area contributed by atoms with Crippen molar-refractivity contribution in [1.82, 2.24) is 10.2 Å². The van der Waals surface area contributed by atoms with Gasteiger partial charge in [-0.1, -0.05) is 13.8 Å². The van der Waals surface area contributed by atoms with Crippen molar-refractivity contribution in [1.29, 1.82) is 0 Å². The van der Waals surface area contributed by atoms with Crippen molar-refractivity contribution in [2.45, 2.75) is 32.7 Å². The Kier molecular flexibility index (Phi) is 6.82. The quantitative estimate of drug-likeness (QED) is 0.864. The van der Waals surface area contributed by atoms with Crippen LogP contribution in [-0.2, 0) is 4.79 Å². The van der Waals surface area contributed by atoms with E-state index in [4.69, 9.17) is 0 Å². The van der Waals surface area contributed by atoms with Crippen LogP contribution in [0.2, 0.25) is 0 Å². The van der Waals surface area contributed by atoms with Crippen LogP contribution in [0, 0.1) is 11.8 Å². The van der Waals surface area contributed by atoms with E-state index in [0.29, 0.717) is 30.2 Å². The normalized spacial score (nSPS) is 28.3. The number of hydrogen-bond donors (Lipinski definition) is 1. The molecule has 2 fully saturated rings. The van der Waals surface area contributed by atoms with Gasteiger partial charge in [0.15, 0.2) is 0 Å². The number of amides is 1. The lowest BCUT2D eigenvalue weighted by atomic mass is 9.95. The lowest BCUT2D eigenvalue weighted by Gasteiger charge is -2.25. The monoisotopic (exact) mass is 292 g/mol. The van der Waals surface area contributed by atoms with Gasteiger partial charge in [-0.25, -0.2) is 0 Å². The van der Waals surface area contributed by atoms with Crippen molar-refractivity contribution in [3.63, 3.8) is 0 Å². The Bertz CT molecular complexity index is 270. The molecule has 0 aromatic heterocycles. The molecule has 5 heteroatoms. The number of halogens is 1. The van der Waals surface area contributed by atoms with Gasteiger partial charge in [-0.3, -0.25) is 4.79 Å². The third-order valence-corrected chi connectivity index (χ3v) is 5.07. The van der Waals surface area contributed by atoms with E-state index in [9.17, 15) is 4.79 Å². The SMILES string of the molecule is CC(C)C1CCN(C(=O)CC2CSCCN2)C1.Cl. The summed E-state index contributed by atoms with van der Waals surface area (Å²) in [5.74, 6) is 4.05. The van der Waals surface area contributed by atoms with Crippen LogP contribution < -0.4 is 5.32 Å². The first-order valence-corrected chi connectivity index (χ1v) is 7.91. The molecule has 2 aliphatic heterocycles. The Balaban J connectivity index is 0.00000162. The van der Waals surface area contributed by atoms with Gasteiger partial charge in [0, 0.05) is 43.6 Å². The van der Waals surface area contributed by atoms with Crippen LogP contribution in [-0.4, -0.2) is 48.0 Å². The number of nitrogens with one attached hydrogen (secondary N) is 1. The summed E-state index contributed by atoms with van der Waals surface area (Å²) in [7, 11) is 0. The topological polar surface area (TPSA) is 32.3 Å². The molecule has 0 aliphatic carbocycles. The maximum Gasteiger partial charge on any atom is 0.224 e. The van der Waals surface area contributed by atoms with Gasteiger partial charge >= 0.3 is 0 Å². The minimum Gasteiger partial charge on any atom is -0.342 e. The van der Waals surface area contributed by atoms with Crippen LogP contribution in [0.4, 0.5) is 0 Å². The number of carbonyl (C=O) groups excluding carboxylic acids is 1. The third-order valence-electron chi connectivity index (χ3n) is 3.94. The van der Waals surface area contributed by atoms with Gasteiger partial charge in [0.2, 0.25) is 5.91 Å². The van der Waals surface area contributed by atoms with Gasteiger partial charge < -0.3 is 10.2 Å². The maximum atomic E-state index is 12.2. The Labute approximate surface area is 121 Å². The summed E-state index contributed by atoms with van der Waals surface area (Å²) >= 11 is 1.96. The van der Waals surface area contributed by atoms with Crippen LogP contribution in [0.5, 0.6) is 0 Å². The van der Waals surface area contributed by atoms with Crippen molar-refractivity contribution >= 4 is 30.1 Å². The highest BCUT2D eigenvalue weighted by molar-refractivity contribution is 7.99. The highest BCUT2D eigenvalue weighted by atomic mass is 35.5. The number of carbonyl (C=O) groups is 1. The number of nitrogens with zero attached hydrogens (tertiary/aromatic N) is 1. The van der Waals surface area contributed by atoms with Crippen molar-refractivity contribution in [3.8, 4) is 0 Å². The second kappa shape index (κ2) is 7.61. The van der Waals surface area contributed by atoms with E-state index in [1.807, 2.05) is 11.8 Å². The fraction of sp³-hybridized carbons (Fsp3) is 0.923. The first-order valence-electron chi connectivity index (χ1n) is 6.75. The van der Waals surface area contributed by atoms with E-state index in [0.717, 1.165) is 25.4 Å². The van der Waals surface area contributed by atoms with Crippen LogP contribution in [0.3, 0.4) is 0 Å². The van der Waals surface area contributed by atoms with Crippen molar-refractivity contribution < 1.29 is 4.79 Å². The smallest absolute Gasteiger partial charge is 0.224 e. The highest BCUT2D eigenvalue weighted by Gasteiger charge is 2.29. The molecule has 0 aromatic rings. The number of rotatable bonds is 3. The van der Waals surface area contributed by atoms with Crippen LogP contribution >= 0.6 is 24.2 Å². The first-order chi connectivity index (χ1) is 8.16. The van der Waals surface area contributed by atoms with Crippen molar-refractivity contribution in [3.05, 3.63) is 0 Å². The zero-order valence-electron chi connectivity index (χ0n) is 11.4. The van der Waals surface area contributed by atoms with Gasteiger partial charge in [-0.2, -0.15) is 11.8 Å².